The fourth-order valence-electron chi connectivity index (χ4n) is 2.70. The molecule has 0 fully saturated rings. The third-order valence-corrected chi connectivity index (χ3v) is 3.99. The summed E-state index contributed by atoms with van der Waals surface area (Å²) >= 11 is 0. The zero-order valence-corrected chi connectivity index (χ0v) is 13.0. The van der Waals surface area contributed by atoms with Crippen LogP contribution >= 0.6 is 0 Å². The highest BCUT2D eigenvalue weighted by Gasteiger charge is 2.14. The maximum Gasteiger partial charge on any atom is 0.198 e. The first-order chi connectivity index (χ1) is 9.54. The molecule has 0 amide bonds. The molecule has 0 saturated carbocycles. The molecule has 0 bridgehead atoms. The van der Waals surface area contributed by atoms with E-state index in [9.17, 15) is 4.79 Å². The largest absolute Gasteiger partial charge is 0.358 e. The van der Waals surface area contributed by atoms with Crippen LogP contribution in [-0.2, 0) is 6.54 Å². The highest BCUT2D eigenvalue weighted by Crippen LogP contribution is 2.14. The lowest BCUT2D eigenvalue weighted by molar-refractivity contribution is -0.894. The standard InChI is InChI=1S/C17H24N2O/c1-5-6-10-19(4)11-15-13(3)18-16-12(2)8-7-9-14(16)17(15)20/h7-9H,5-6,10-11H2,1-4H3,(H,18,20)/p+1. The van der Waals surface area contributed by atoms with Crippen LogP contribution < -0.4 is 10.3 Å². The molecule has 1 atom stereocenters. The van der Waals surface area contributed by atoms with Gasteiger partial charge in [0.05, 0.1) is 24.7 Å². The quantitative estimate of drug-likeness (QED) is 0.858. The summed E-state index contributed by atoms with van der Waals surface area (Å²) in [5.41, 5.74) is 4.23. The molecule has 1 unspecified atom stereocenters. The molecule has 1 aromatic heterocycles. The second-order valence-corrected chi connectivity index (χ2v) is 5.79. The van der Waals surface area contributed by atoms with E-state index in [1.165, 1.54) is 17.7 Å². The van der Waals surface area contributed by atoms with Crippen molar-refractivity contribution < 1.29 is 4.90 Å². The van der Waals surface area contributed by atoms with Crippen LogP contribution in [0.3, 0.4) is 0 Å². The molecule has 2 N–H and O–H groups in total. The van der Waals surface area contributed by atoms with Gasteiger partial charge in [-0.15, -0.1) is 0 Å². The number of aromatic amines is 1. The molecule has 1 heterocycles. The van der Waals surface area contributed by atoms with Crippen molar-refractivity contribution in [2.24, 2.45) is 0 Å². The fraction of sp³-hybridized carbons (Fsp3) is 0.471. The molecule has 1 aromatic carbocycles. The van der Waals surface area contributed by atoms with Crippen molar-refractivity contribution in [3.63, 3.8) is 0 Å². The third kappa shape index (κ3) is 2.93. The zero-order chi connectivity index (χ0) is 14.7. The molecule has 0 saturated heterocycles. The van der Waals surface area contributed by atoms with E-state index in [1.807, 2.05) is 32.0 Å². The molecular weight excluding hydrogens is 248 g/mol. The lowest BCUT2D eigenvalue weighted by Crippen LogP contribution is -3.07. The lowest BCUT2D eigenvalue weighted by atomic mass is 10.1. The van der Waals surface area contributed by atoms with Gasteiger partial charge in [-0.05, 0) is 31.9 Å². The first-order valence-electron chi connectivity index (χ1n) is 7.47. The predicted octanol–water partition coefficient (Wildman–Crippen LogP) is 1.96. The lowest BCUT2D eigenvalue weighted by Gasteiger charge is -2.15. The normalized spacial score (nSPS) is 12.8. The minimum atomic E-state index is 0.191. The van der Waals surface area contributed by atoms with Crippen LogP contribution in [0.4, 0.5) is 0 Å². The molecule has 0 radical (unpaired) electrons. The molecule has 3 nitrogen and oxygen atoms in total. The molecule has 20 heavy (non-hydrogen) atoms. The molecule has 2 rings (SSSR count). The average molecular weight is 273 g/mol. The molecule has 0 aliphatic heterocycles. The number of hydrogen-bond donors (Lipinski definition) is 2. The highest BCUT2D eigenvalue weighted by atomic mass is 16.1. The van der Waals surface area contributed by atoms with Gasteiger partial charge < -0.3 is 9.88 Å². The Balaban J connectivity index is 2.42. The summed E-state index contributed by atoms with van der Waals surface area (Å²) in [6.07, 6.45) is 2.40. The van der Waals surface area contributed by atoms with Crippen LogP contribution in [0.5, 0.6) is 0 Å². The van der Waals surface area contributed by atoms with E-state index in [1.54, 1.807) is 0 Å². The number of fused-ring (bicyclic) bond motifs is 1. The van der Waals surface area contributed by atoms with Gasteiger partial charge in [0.15, 0.2) is 5.43 Å². The van der Waals surface area contributed by atoms with Gasteiger partial charge in [0.25, 0.3) is 0 Å². The summed E-state index contributed by atoms with van der Waals surface area (Å²) in [4.78, 5) is 17.5. The summed E-state index contributed by atoms with van der Waals surface area (Å²) < 4.78 is 0. The molecule has 0 spiro atoms. The first-order valence-corrected chi connectivity index (χ1v) is 7.47. The maximum absolute atomic E-state index is 12.7. The van der Waals surface area contributed by atoms with Crippen LogP contribution in [-0.4, -0.2) is 18.6 Å². The van der Waals surface area contributed by atoms with Crippen molar-refractivity contribution in [1.29, 1.82) is 0 Å². The number of para-hydroxylation sites is 1. The summed E-state index contributed by atoms with van der Waals surface area (Å²) in [6.45, 7) is 8.15. The Morgan fingerprint density at radius 2 is 2.00 bits per heavy atom. The van der Waals surface area contributed by atoms with Crippen LogP contribution in [0.15, 0.2) is 23.0 Å². The molecule has 2 aromatic rings. The van der Waals surface area contributed by atoms with E-state index in [2.05, 4.69) is 19.0 Å². The van der Waals surface area contributed by atoms with Gasteiger partial charge in [-0.1, -0.05) is 25.5 Å². The Kier molecular flexibility index (Phi) is 4.61. The summed E-state index contributed by atoms with van der Waals surface area (Å²) in [5, 5.41) is 0.814. The molecule has 0 aliphatic rings. The predicted molar refractivity (Wildman–Crippen MR) is 84.4 cm³/mol. The number of benzene rings is 1. The average Bonchev–Trinajstić information content (AvgIpc) is 2.42. The van der Waals surface area contributed by atoms with Crippen LogP contribution in [0.2, 0.25) is 0 Å². The zero-order valence-electron chi connectivity index (χ0n) is 13.0. The van der Waals surface area contributed by atoms with Crippen molar-refractivity contribution in [3.8, 4) is 0 Å². The van der Waals surface area contributed by atoms with Gasteiger partial charge >= 0.3 is 0 Å². The van der Waals surface area contributed by atoms with Crippen LogP contribution in [0, 0.1) is 13.8 Å². The highest BCUT2D eigenvalue weighted by molar-refractivity contribution is 5.82. The molecule has 0 aliphatic carbocycles. The van der Waals surface area contributed by atoms with Crippen molar-refractivity contribution >= 4 is 10.9 Å². The monoisotopic (exact) mass is 273 g/mol. The van der Waals surface area contributed by atoms with E-state index in [0.717, 1.165) is 40.8 Å². The first kappa shape index (κ1) is 14.8. The maximum atomic E-state index is 12.7. The molecular formula is C17H25N2O+. The minimum absolute atomic E-state index is 0.191. The number of pyridine rings is 1. The van der Waals surface area contributed by atoms with Gasteiger partial charge in [0.2, 0.25) is 0 Å². The number of H-pyrrole nitrogens is 1. The fourth-order valence-corrected chi connectivity index (χ4v) is 2.70. The SMILES string of the molecule is CCCC[NH+](C)Cc1c(C)[nH]c2c(C)cccc2c1=O. The molecule has 108 valence electrons. The van der Waals surface area contributed by atoms with Crippen molar-refractivity contribution in [3.05, 3.63) is 45.2 Å². The second-order valence-electron chi connectivity index (χ2n) is 5.79. The summed E-state index contributed by atoms with van der Waals surface area (Å²) in [7, 11) is 2.16. The van der Waals surface area contributed by atoms with Gasteiger partial charge in [0.1, 0.15) is 6.54 Å². The summed E-state index contributed by atoms with van der Waals surface area (Å²) in [5.74, 6) is 0. The number of aromatic nitrogens is 1. The minimum Gasteiger partial charge on any atom is -0.358 e. The van der Waals surface area contributed by atoms with E-state index >= 15 is 0 Å². The number of hydrogen-bond acceptors (Lipinski definition) is 1. The number of aryl methyl sites for hydroxylation is 2. The van der Waals surface area contributed by atoms with E-state index < -0.39 is 0 Å². The van der Waals surface area contributed by atoms with Crippen molar-refractivity contribution in [2.75, 3.05) is 13.6 Å². The Labute approximate surface area is 120 Å². The van der Waals surface area contributed by atoms with Gasteiger partial charge in [0, 0.05) is 11.1 Å². The number of unbranched alkanes of at least 4 members (excludes halogenated alkanes) is 1. The van der Waals surface area contributed by atoms with Crippen LogP contribution in [0.25, 0.3) is 10.9 Å². The Bertz CT molecular complexity index is 658. The van der Waals surface area contributed by atoms with Crippen LogP contribution in [0.1, 0.15) is 36.6 Å². The van der Waals surface area contributed by atoms with Crippen molar-refractivity contribution in [2.45, 2.75) is 40.2 Å². The topological polar surface area (TPSA) is 37.3 Å². The summed E-state index contributed by atoms with van der Waals surface area (Å²) in [6, 6.07) is 5.92. The number of quaternary nitrogens is 1. The van der Waals surface area contributed by atoms with E-state index in [-0.39, 0.29) is 5.43 Å². The Morgan fingerprint density at radius 3 is 2.70 bits per heavy atom. The molecule has 3 heteroatoms. The number of rotatable bonds is 5. The van der Waals surface area contributed by atoms with E-state index in [0.29, 0.717) is 0 Å². The third-order valence-electron chi connectivity index (χ3n) is 3.99. The van der Waals surface area contributed by atoms with E-state index in [4.69, 9.17) is 0 Å². The van der Waals surface area contributed by atoms with Gasteiger partial charge in [-0.2, -0.15) is 0 Å². The Morgan fingerprint density at radius 1 is 1.25 bits per heavy atom. The smallest absolute Gasteiger partial charge is 0.198 e. The number of nitrogens with one attached hydrogen (secondary N) is 2. The van der Waals surface area contributed by atoms with Gasteiger partial charge in [-0.25, -0.2) is 0 Å². The Hall–Kier alpha value is -1.61. The van der Waals surface area contributed by atoms with Gasteiger partial charge in [-0.3, -0.25) is 4.79 Å². The second kappa shape index (κ2) is 6.23. The van der Waals surface area contributed by atoms with Crippen molar-refractivity contribution in [1.82, 2.24) is 4.98 Å².